The van der Waals surface area contributed by atoms with E-state index in [4.69, 9.17) is 24.4 Å². The summed E-state index contributed by atoms with van der Waals surface area (Å²) in [5.41, 5.74) is 1.40. The van der Waals surface area contributed by atoms with Crippen molar-refractivity contribution in [2.75, 3.05) is 44.3 Å². The summed E-state index contributed by atoms with van der Waals surface area (Å²) in [5, 5.41) is 10.2. The number of hydrogen-bond acceptors (Lipinski definition) is 9. The number of carboxylic acid groups (broad SMARTS) is 1. The van der Waals surface area contributed by atoms with Crippen LogP contribution in [-0.2, 0) is 27.7 Å². The van der Waals surface area contributed by atoms with Crippen LogP contribution in [0.1, 0.15) is 56.4 Å². The Labute approximate surface area is 271 Å². The van der Waals surface area contributed by atoms with Crippen molar-refractivity contribution in [1.29, 1.82) is 0 Å². The van der Waals surface area contributed by atoms with E-state index in [1.807, 2.05) is 43.0 Å². The topological polar surface area (TPSA) is 130 Å². The third-order valence-corrected chi connectivity index (χ3v) is 8.88. The minimum absolute atomic E-state index is 0.0187. The van der Waals surface area contributed by atoms with Gasteiger partial charge in [-0.05, 0) is 62.9 Å². The highest BCUT2D eigenvalue weighted by Gasteiger charge is 2.52. The zero-order valence-corrected chi connectivity index (χ0v) is 26.4. The lowest BCUT2D eigenvalue weighted by Crippen LogP contribution is -2.58. The maximum absolute atomic E-state index is 14.4. The van der Waals surface area contributed by atoms with Gasteiger partial charge in [0.15, 0.2) is 5.75 Å². The lowest BCUT2D eigenvalue weighted by atomic mass is 9.68. The third-order valence-electron chi connectivity index (χ3n) is 8.88. The monoisotopic (exact) mass is 656 g/mol. The van der Waals surface area contributed by atoms with Gasteiger partial charge in [0.05, 0.1) is 60.2 Å². The zero-order valence-electron chi connectivity index (χ0n) is 26.4. The lowest BCUT2D eigenvalue weighted by molar-refractivity contribution is -0.143. The second-order valence-corrected chi connectivity index (χ2v) is 11.6. The molecule has 14 heteroatoms. The minimum atomic E-state index is -4.62. The van der Waals surface area contributed by atoms with Crippen LogP contribution >= 0.6 is 0 Å². The van der Waals surface area contributed by atoms with Gasteiger partial charge in [0, 0.05) is 31.9 Å². The normalized spacial score (nSPS) is 18.7. The fourth-order valence-corrected chi connectivity index (χ4v) is 6.76. The van der Waals surface area contributed by atoms with Crippen LogP contribution in [0.5, 0.6) is 11.6 Å². The highest BCUT2D eigenvalue weighted by Crippen LogP contribution is 2.47. The minimum Gasteiger partial charge on any atom is -0.491 e. The van der Waals surface area contributed by atoms with Crippen molar-refractivity contribution >= 4 is 18.1 Å². The van der Waals surface area contributed by atoms with Crippen molar-refractivity contribution in [3.8, 4) is 22.9 Å². The molecule has 252 valence electrons. The molecule has 11 nitrogen and oxygen atoms in total. The number of nitrogens with one attached hydrogen (secondary N) is 1. The van der Waals surface area contributed by atoms with Crippen LogP contribution in [0, 0.1) is 0 Å². The number of ether oxygens (including phenoxy) is 2. The molecule has 3 aliphatic rings. The largest absolute Gasteiger partial charge is 0.491 e. The van der Waals surface area contributed by atoms with Crippen LogP contribution in [0.25, 0.3) is 11.3 Å². The molecule has 47 heavy (non-hydrogen) atoms. The van der Waals surface area contributed by atoms with Gasteiger partial charge < -0.3 is 29.7 Å². The first-order valence-corrected chi connectivity index (χ1v) is 15.8. The summed E-state index contributed by atoms with van der Waals surface area (Å²) in [5.74, 6) is 0.251. The van der Waals surface area contributed by atoms with E-state index < -0.39 is 17.2 Å². The number of nitrogens with zero attached hydrogens (tertiary/aromatic N) is 5. The van der Waals surface area contributed by atoms with Crippen molar-refractivity contribution in [3.63, 3.8) is 0 Å². The molecule has 0 radical (unpaired) electrons. The molecule has 1 spiro atoms. The smallest absolute Gasteiger partial charge is 0.422 e. The van der Waals surface area contributed by atoms with E-state index in [0.717, 1.165) is 36.0 Å². The number of carbonyl (C=O) groups excluding carboxylic acids is 1. The van der Waals surface area contributed by atoms with E-state index in [-0.39, 0.29) is 49.6 Å². The maximum atomic E-state index is 14.4. The van der Waals surface area contributed by atoms with Crippen molar-refractivity contribution in [3.05, 3.63) is 59.7 Å². The fraction of sp³-hybridized carbons (Fsp3) is 0.485. The van der Waals surface area contributed by atoms with E-state index in [0.29, 0.717) is 50.5 Å². The van der Waals surface area contributed by atoms with Crippen molar-refractivity contribution < 1.29 is 37.3 Å². The Morgan fingerprint density at radius 3 is 2.57 bits per heavy atom. The van der Waals surface area contributed by atoms with E-state index in [1.165, 1.54) is 6.20 Å². The summed E-state index contributed by atoms with van der Waals surface area (Å²) >= 11 is 0. The standard InChI is InChI=1S/C32H37F3N6O3.CH2O2/c1-3-16-44-27-19-37-18-26(28(27)32(33,34)35)40-14-10-31(11-15-40)23-7-8-24(22-6-5-12-38-29(22)43-4-2)39-25(23)20-41(30(31)42)21-9-13-36-17-21;2-1-3/h5-8,12,18-19,21,36H,3-4,9-11,13-17,20H2,1-2H3;1H,(H,2,3). The molecule has 1 unspecified atom stereocenters. The molecule has 0 aromatic carbocycles. The van der Waals surface area contributed by atoms with Gasteiger partial charge in [0.1, 0.15) is 5.56 Å². The lowest BCUT2D eigenvalue weighted by Gasteiger charge is -2.49. The van der Waals surface area contributed by atoms with Gasteiger partial charge in [0.25, 0.3) is 6.47 Å². The molecule has 3 aromatic rings. The highest BCUT2D eigenvalue weighted by molar-refractivity contribution is 5.91. The van der Waals surface area contributed by atoms with Crippen LogP contribution in [0.3, 0.4) is 0 Å². The van der Waals surface area contributed by atoms with Crippen LogP contribution < -0.4 is 19.7 Å². The Morgan fingerprint density at radius 2 is 1.91 bits per heavy atom. The van der Waals surface area contributed by atoms with E-state index >= 15 is 0 Å². The molecular weight excluding hydrogens is 617 g/mol. The number of halogens is 3. The number of aromatic nitrogens is 3. The zero-order chi connectivity index (χ0) is 33.6. The number of rotatable bonds is 8. The number of piperidine rings is 1. The molecule has 3 aromatic heterocycles. The molecule has 0 aliphatic carbocycles. The second kappa shape index (κ2) is 14.5. The quantitative estimate of drug-likeness (QED) is 0.330. The predicted molar refractivity (Wildman–Crippen MR) is 167 cm³/mol. The summed E-state index contributed by atoms with van der Waals surface area (Å²) in [6.45, 7) is 6.52. The first-order valence-electron chi connectivity index (χ1n) is 15.8. The Morgan fingerprint density at radius 1 is 1.15 bits per heavy atom. The summed E-state index contributed by atoms with van der Waals surface area (Å²) in [4.78, 5) is 39.9. The van der Waals surface area contributed by atoms with Gasteiger partial charge in [-0.3, -0.25) is 19.6 Å². The van der Waals surface area contributed by atoms with Gasteiger partial charge in [-0.15, -0.1) is 0 Å². The van der Waals surface area contributed by atoms with Crippen molar-refractivity contribution in [1.82, 2.24) is 25.2 Å². The van der Waals surface area contributed by atoms with E-state index in [2.05, 4.69) is 15.3 Å². The highest BCUT2D eigenvalue weighted by atomic mass is 19.4. The molecule has 0 saturated carbocycles. The third kappa shape index (κ3) is 6.83. The molecule has 6 heterocycles. The fourth-order valence-electron chi connectivity index (χ4n) is 6.76. The average molecular weight is 657 g/mol. The van der Waals surface area contributed by atoms with Crippen molar-refractivity contribution in [2.24, 2.45) is 0 Å². The molecule has 2 saturated heterocycles. The molecule has 2 fully saturated rings. The number of pyridine rings is 3. The second-order valence-electron chi connectivity index (χ2n) is 11.6. The first-order chi connectivity index (χ1) is 22.7. The molecule has 1 amide bonds. The Kier molecular flexibility index (Phi) is 10.5. The van der Waals surface area contributed by atoms with Crippen LogP contribution in [0.2, 0.25) is 0 Å². The van der Waals surface area contributed by atoms with Crippen LogP contribution in [0.15, 0.2) is 42.9 Å². The number of amides is 1. The van der Waals surface area contributed by atoms with Gasteiger partial charge in [0.2, 0.25) is 11.8 Å². The predicted octanol–water partition coefficient (Wildman–Crippen LogP) is 4.69. The van der Waals surface area contributed by atoms with E-state index in [9.17, 15) is 18.0 Å². The molecule has 6 rings (SSSR count). The number of hydrogen-bond donors (Lipinski definition) is 2. The molecular formula is C33H39F3N6O5. The molecule has 2 N–H and O–H groups in total. The Bertz CT molecular complexity index is 1560. The number of fused-ring (bicyclic) bond motifs is 2. The van der Waals surface area contributed by atoms with Gasteiger partial charge in [-0.1, -0.05) is 13.0 Å². The van der Waals surface area contributed by atoms with Crippen molar-refractivity contribution in [2.45, 2.75) is 63.7 Å². The Hall–Kier alpha value is -4.46. The SMILES string of the molecule is CCCOc1cncc(N2CCC3(CC2)C(=O)N(C2CCNC2)Cc2nc(-c4cccnc4OCC)ccc23)c1C(F)(F)F.O=CO. The van der Waals surface area contributed by atoms with Crippen LogP contribution in [-0.4, -0.2) is 82.8 Å². The van der Waals surface area contributed by atoms with E-state index in [1.54, 1.807) is 11.1 Å². The van der Waals surface area contributed by atoms with Gasteiger partial charge in [-0.25, -0.2) is 4.98 Å². The molecule has 0 bridgehead atoms. The Balaban J connectivity index is 0.00000139. The molecule has 1 atom stereocenters. The van der Waals surface area contributed by atoms with Gasteiger partial charge in [-0.2, -0.15) is 13.2 Å². The number of alkyl halides is 3. The average Bonchev–Trinajstić information content (AvgIpc) is 3.61. The van der Waals surface area contributed by atoms with Gasteiger partial charge >= 0.3 is 6.18 Å². The van der Waals surface area contributed by atoms with Crippen LogP contribution in [0.4, 0.5) is 18.9 Å². The summed E-state index contributed by atoms with van der Waals surface area (Å²) in [6.07, 6.45) is 1.55. The summed E-state index contributed by atoms with van der Waals surface area (Å²) < 4.78 is 54.3. The summed E-state index contributed by atoms with van der Waals surface area (Å²) in [6, 6.07) is 7.65. The number of carbonyl (C=O) groups is 2. The molecule has 3 aliphatic heterocycles. The first kappa shape index (κ1) is 33.9. The summed E-state index contributed by atoms with van der Waals surface area (Å²) in [7, 11) is 0. The number of anilines is 1. The maximum Gasteiger partial charge on any atom is 0.422 e.